The Labute approximate surface area is 93.9 Å². The first-order valence-corrected chi connectivity index (χ1v) is 4.39. The number of hydrogen-bond donors (Lipinski definition) is 3. The largest absolute Gasteiger partial charge is 0.476 e. The number of H-pyrrole nitrogens is 1. The van der Waals surface area contributed by atoms with Gasteiger partial charge in [0.05, 0.1) is 0 Å². The topological polar surface area (TPSA) is 134 Å². The minimum atomic E-state index is -1.29. The summed E-state index contributed by atoms with van der Waals surface area (Å²) in [6.07, 6.45) is 3.64. The predicted octanol–water partition coefficient (Wildman–Crippen LogP) is -0.455. The van der Waals surface area contributed by atoms with Gasteiger partial charge in [-0.1, -0.05) is 0 Å². The molecule has 0 saturated heterocycles. The molecule has 2 heterocycles. The maximum atomic E-state index is 11.5. The Bertz CT molecular complexity index is 552. The Morgan fingerprint density at radius 3 is 2.65 bits per heavy atom. The van der Waals surface area contributed by atoms with Crippen LogP contribution in [-0.4, -0.2) is 42.1 Å². The van der Waals surface area contributed by atoms with Gasteiger partial charge in [0.1, 0.15) is 6.33 Å². The number of aromatic nitrogens is 5. The van der Waals surface area contributed by atoms with E-state index in [4.69, 9.17) is 5.11 Å². The molecule has 17 heavy (non-hydrogen) atoms. The molecule has 0 spiro atoms. The van der Waals surface area contributed by atoms with Crippen molar-refractivity contribution in [3.8, 4) is 0 Å². The summed E-state index contributed by atoms with van der Waals surface area (Å²) in [6.45, 7) is 0. The molecule has 0 radical (unpaired) electrons. The number of aromatic amines is 1. The number of carbonyl (C=O) groups is 2. The van der Waals surface area contributed by atoms with E-state index >= 15 is 0 Å². The van der Waals surface area contributed by atoms with E-state index in [9.17, 15) is 9.59 Å². The SMILES string of the molecule is O=C(Nc1nccnc1C(=O)O)c1ncn[nH]1. The lowest BCUT2D eigenvalue weighted by atomic mass is 10.4. The fourth-order valence-electron chi connectivity index (χ4n) is 1.07. The van der Waals surface area contributed by atoms with Crippen LogP contribution in [0.25, 0.3) is 0 Å². The molecule has 9 nitrogen and oxygen atoms in total. The zero-order valence-corrected chi connectivity index (χ0v) is 8.28. The van der Waals surface area contributed by atoms with Gasteiger partial charge in [-0.2, -0.15) is 5.10 Å². The van der Waals surface area contributed by atoms with Gasteiger partial charge in [0.25, 0.3) is 5.91 Å². The first-order valence-electron chi connectivity index (χ1n) is 4.39. The Balaban J connectivity index is 2.25. The highest BCUT2D eigenvalue weighted by Crippen LogP contribution is 2.08. The molecule has 0 aliphatic carbocycles. The molecule has 86 valence electrons. The number of anilines is 1. The number of carboxylic acid groups (broad SMARTS) is 1. The van der Waals surface area contributed by atoms with Crippen LogP contribution in [0.5, 0.6) is 0 Å². The van der Waals surface area contributed by atoms with Crippen molar-refractivity contribution in [2.45, 2.75) is 0 Å². The number of amides is 1. The summed E-state index contributed by atoms with van der Waals surface area (Å²) in [5.41, 5.74) is -0.347. The van der Waals surface area contributed by atoms with E-state index < -0.39 is 11.9 Å². The van der Waals surface area contributed by atoms with Crippen LogP contribution in [0.15, 0.2) is 18.7 Å². The summed E-state index contributed by atoms with van der Waals surface area (Å²) in [4.78, 5) is 33.3. The fourth-order valence-corrected chi connectivity index (χ4v) is 1.07. The number of aromatic carboxylic acids is 1. The highest BCUT2D eigenvalue weighted by Gasteiger charge is 2.17. The van der Waals surface area contributed by atoms with Crippen LogP contribution < -0.4 is 5.32 Å². The number of nitrogens with one attached hydrogen (secondary N) is 2. The van der Waals surface area contributed by atoms with Gasteiger partial charge in [0, 0.05) is 12.4 Å². The second-order valence-electron chi connectivity index (χ2n) is 2.85. The minimum absolute atomic E-state index is 0.0491. The van der Waals surface area contributed by atoms with Crippen molar-refractivity contribution < 1.29 is 14.7 Å². The van der Waals surface area contributed by atoms with Gasteiger partial charge in [-0.25, -0.2) is 19.7 Å². The van der Waals surface area contributed by atoms with Crippen molar-refractivity contribution in [3.63, 3.8) is 0 Å². The van der Waals surface area contributed by atoms with Gasteiger partial charge >= 0.3 is 5.97 Å². The summed E-state index contributed by atoms with van der Waals surface area (Å²) in [6, 6.07) is 0. The van der Waals surface area contributed by atoms with Crippen LogP contribution in [-0.2, 0) is 0 Å². The van der Waals surface area contributed by atoms with Crippen molar-refractivity contribution in [2.24, 2.45) is 0 Å². The first-order chi connectivity index (χ1) is 8.18. The average molecular weight is 234 g/mol. The standard InChI is InChI=1S/C8H6N6O3/c15-7(6-11-3-12-14-6)13-5-4(8(16)17)9-1-2-10-5/h1-3H,(H,16,17)(H,10,13,15)(H,11,12,14). The molecule has 0 fully saturated rings. The van der Waals surface area contributed by atoms with E-state index in [1.165, 1.54) is 12.4 Å². The number of rotatable bonds is 3. The molecule has 2 aromatic rings. The molecular formula is C8H6N6O3. The summed E-state index contributed by atoms with van der Waals surface area (Å²) >= 11 is 0. The van der Waals surface area contributed by atoms with E-state index in [0.29, 0.717) is 0 Å². The summed E-state index contributed by atoms with van der Waals surface area (Å²) < 4.78 is 0. The molecule has 2 aromatic heterocycles. The number of nitrogens with zero attached hydrogens (tertiary/aromatic N) is 4. The van der Waals surface area contributed by atoms with Crippen molar-refractivity contribution in [1.29, 1.82) is 0 Å². The molecule has 0 aromatic carbocycles. The number of hydrogen-bond acceptors (Lipinski definition) is 6. The molecule has 0 aliphatic heterocycles. The quantitative estimate of drug-likeness (QED) is 0.654. The Morgan fingerprint density at radius 1 is 1.24 bits per heavy atom. The van der Waals surface area contributed by atoms with Crippen LogP contribution in [0.4, 0.5) is 5.82 Å². The molecule has 0 unspecified atom stereocenters. The maximum absolute atomic E-state index is 11.5. The zero-order chi connectivity index (χ0) is 12.3. The van der Waals surface area contributed by atoms with Gasteiger partial charge in [-0.3, -0.25) is 9.89 Å². The van der Waals surface area contributed by atoms with Crippen molar-refractivity contribution in [3.05, 3.63) is 30.2 Å². The lowest BCUT2D eigenvalue weighted by Crippen LogP contribution is -2.18. The van der Waals surface area contributed by atoms with Gasteiger partial charge in [-0.15, -0.1) is 0 Å². The van der Waals surface area contributed by atoms with Gasteiger partial charge < -0.3 is 10.4 Å². The predicted molar refractivity (Wildman–Crippen MR) is 53.3 cm³/mol. The van der Waals surface area contributed by atoms with E-state index in [1.807, 2.05) is 0 Å². The third kappa shape index (κ3) is 2.22. The van der Waals surface area contributed by atoms with Crippen LogP contribution in [0, 0.1) is 0 Å². The number of carboxylic acids is 1. The highest BCUT2D eigenvalue weighted by molar-refractivity contribution is 6.04. The Morgan fingerprint density at radius 2 is 2.00 bits per heavy atom. The third-order valence-corrected chi connectivity index (χ3v) is 1.76. The monoisotopic (exact) mass is 234 g/mol. The molecule has 9 heteroatoms. The first kappa shape index (κ1) is 10.7. The van der Waals surface area contributed by atoms with Gasteiger partial charge in [0.2, 0.25) is 5.82 Å². The summed E-state index contributed by atoms with van der Waals surface area (Å²) in [5.74, 6) is -2.13. The van der Waals surface area contributed by atoms with Crippen LogP contribution in [0.2, 0.25) is 0 Å². The fraction of sp³-hybridized carbons (Fsp3) is 0. The molecule has 0 atom stereocenters. The Kier molecular flexibility index (Phi) is 2.73. The second kappa shape index (κ2) is 4.35. The molecule has 1 amide bonds. The Hall–Kier alpha value is -2.84. The molecule has 0 bridgehead atoms. The highest BCUT2D eigenvalue weighted by atomic mass is 16.4. The van der Waals surface area contributed by atoms with E-state index in [-0.39, 0.29) is 17.3 Å². The second-order valence-corrected chi connectivity index (χ2v) is 2.85. The average Bonchev–Trinajstić information content (AvgIpc) is 2.83. The minimum Gasteiger partial charge on any atom is -0.476 e. The zero-order valence-electron chi connectivity index (χ0n) is 8.28. The molecule has 0 aliphatic rings. The van der Waals surface area contributed by atoms with Crippen LogP contribution >= 0.6 is 0 Å². The molecule has 0 saturated carbocycles. The van der Waals surface area contributed by atoms with Gasteiger partial charge in [-0.05, 0) is 0 Å². The van der Waals surface area contributed by atoms with Gasteiger partial charge in [0.15, 0.2) is 11.5 Å². The van der Waals surface area contributed by atoms with Crippen LogP contribution in [0.1, 0.15) is 21.1 Å². The molecule has 3 N–H and O–H groups in total. The molecule has 2 rings (SSSR count). The number of carbonyl (C=O) groups excluding carboxylic acids is 1. The van der Waals surface area contributed by atoms with E-state index in [0.717, 1.165) is 6.33 Å². The van der Waals surface area contributed by atoms with E-state index in [1.54, 1.807) is 0 Å². The van der Waals surface area contributed by atoms with Crippen molar-refractivity contribution in [1.82, 2.24) is 25.1 Å². The lowest BCUT2D eigenvalue weighted by Gasteiger charge is -2.03. The summed E-state index contributed by atoms with van der Waals surface area (Å²) in [5, 5.41) is 16.9. The summed E-state index contributed by atoms with van der Waals surface area (Å²) in [7, 11) is 0. The van der Waals surface area contributed by atoms with Crippen LogP contribution in [0.3, 0.4) is 0 Å². The normalized spacial score (nSPS) is 9.88. The van der Waals surface area contributed by atoms with Crippen molar-refractivity contribution in [2.75, 3.05) is 5.32 Å². The van der Waals surface area contributed by atoms with Crippen molar-refractivity contribution >= 4 is 17.7 Å². The van der Waals surface area contributed by atoms with E-state index in [2.05, 4.69) is 30.5 Å². The maximum Gasteiger partial charge on any atom is 0.358 e. The third-order valence-electron chi connectivity index (χ3n) is 1.76. The lowest BCUT2D eigenvalue weighted by molar-refractivity contribution is 0.0691. The molecular weight excluding hydrogens is 228 g/mol. The smallest absolute Gasteiger partial charge is 0.358 e.